The number of anilines is 1. The van der Waals surface area contributed by atoms with Crippen molar-refractivity contribution in [2.45, 2.75) is 29.6 Å². The molecule has 3 N–H and O–H groups in total. The second-order valence-corrected chi connectivity index (χ2v) is 7.03. The normalized spacial score (nSPS) is 18.0. The molecule has 0 aliphatic carbocycles. The van der Waals surface area contributed by atoms with Gasteiger partial charge in [-0.2, -0.15) is 0 Å². The Morgan fingerprint density at radius 1 is 1.50 bits per heavy atom. The first kappa shape index (κ1) is 16.8. The summed E-state index contributed by atoms with van der Waals surface area (Å²) < 4.78 is 0.715. The molecule has 2 rings (SSSR count). The van der Waals surface area contributed by atoms with E-state index in [1.807, 2.05) is 0 Å². The molecule has 22 heavy (non-hydrogen) atoms. The van der Waals surface area contributed by atoms with Crippen LogP contribution in [0.5, 0.6) is 0 Å². The van der Waals surface area contributed by atoms with E-state index in [2.05, 4.69) is 22.1 Å². The van der Waals surface area contributed by atoms with Gasteiger partial charge >= 0.3 is 0 Å². The molecule has 2 amide bonds. The summed E-state index contributed by atoms with van der Waals surface area (Å²) in [5, 5.41) is 11.7. The molecule has 0 radical (unpaired) electrons. The minimum atomic E-state index is -0.471. The number of rotatable bonds is 7. The van der Waals surface area contributed by atoms with Crippen LogP contribution in [0.3, 0.4) is 0 Å². The molecule has 1 saturated heterocycles. The number of primary amides is 1. The van der Waals surface area contributed by atoms with Gasteiger partial charge in [0.15, 0.2) is 4.34 Å². The molecule has 0 bridgehead atoms. The van der Waals surface area contributed by atoms with Crippen LogP contribution in [-0.2, 0) is 9.59 Å². The Bertz CT molecular complexity index is 548. The molecule has 1 fully saturated rings. The lowest BCUT2D eigenvalue weighted by atomic mass is 10.0. The average Bonchev–Trinajstić information content (AvgIpc) is 2.98. The van der Waals surface area contributed by atoms with Crippen LogP contribution in [0, 0.1) is 0 Å². The highest BCUT2D eigenvalue weighted by molar-refractivity contribution is 8.01. The monoisotopic (exact) mass is 341 g/mol. The van der Waals surface area contributed by atoms with Crippen molar-refractivity contribution in [3.8, 4) is 0 Å². The van der Waals surface area contributed by atoms with Gasteiger partial charge in [-0.25, -0.2) is 0 Å². The lowest BCUT2D eigenvalue weighted by Crippen LogP contribution is -2.51. The van der Waals surface area contributed by atoms with E-state index in [0.717, 1.165) is 12.8 Å². The SMILES string of the molecule is C=CCNc1nnc(SCC(=O)N2CCCC[C@H]2C(N)=O)s1. The zero-order valence-corrected chi connectivity index (χ0v) is 13.8. The lowest BCUT2D eigenvalue weighted by Gasteiger charge is -2.33. The van der Waals surface area contributed by atoms with E-state index in [0.29, 0.717) is 29.0 Å². The average molecular weight is 341 g/mol. The number of hydrogen-bond donors (Lipinski definition) is 2. The fourth-order valence-electron chi connectivity index (χ4n) is 2.23. The van der Waals surface area contributed by atoms with Crippen LogP contribution in [0.1, 0.15) is 19.3 Å². The zero-order chi connectivity index (χ0) is 15.9. The van der Waals surface area contributed by atoms with Crippen molar-refractivity contribution < 1.29 is 9.59 Å². The smallest absolute Gasteiger partial charge is 0.240 e. The summed E-state index contributed by atoms with van der Waals surface area (Å²) in [6.07, 6.45) is 4.23. The van der Waals surface area contributed by atoms with Crippen molar-refractivity contribution in [2.24, 2.45) is 5.73 Å². The Kier molecular flexibility index (Phi) is 6.20. The summed E-state index contributed by atoms with van der Waals surface area (Å²) in [5.74, 6) is -0.269. The van der Waals surface area contributed by atoms with Crippen LogP contribution in [0.4, 0.5) is 5.13 Å². The van der Waals surface area contributed by atoms with E-state index in [9.17, 15) is 9.59 Å². The maximum absolute atomic E-state index is 12.3. The molecule has 9 heteroatoms. The van der Waals surface area contributed by atoms with Gasteiger partial charge in [0.05, 0.1) is 5.75 Å². The molecule has 1 atom stereocenters. The van der Waals surface area contributed by atoms with Gasteiger partial charge in [0.25, 0.3) is 0 Å². The number of amides is 2. The first-order valence-corrected chi connectivity index (χ1v) is 8.82. The summed E-state index contributed by atoms with van der Waals surface area (Å²) >= 11 is 2.71. The summed E-state index contributed by atoms with van der Waals surface area (Å²) in [5.41, 5.74) is 5.38. The number of hydrogen-bond acceptors (Lipinski definition) is 7. The van der Waals surface area contributed by atoms with Crippen molar-refractivity contribution in [1.29, 1.82) is 0 Å². The molecule has 0 aromatic carbocycles. The van der Waals surface area contributed by atoms with Gasteiger partial charge < -0.3 is 16.0 Å². The molecule has 2 heterocycles. The van der Waals surface area contributed by atoms with E-state index in [4.69, 9.17) is 5.73 Å². The van der Waals surface area contributed by atoms with Crippen molar-refractivity contribution >= 4 is 40.0 Å². The van der Waals surface area contributed by atoms with Crippen LogP contribution >= 0.6 is 23.1 Å². The van der Waals surface area contributed by atoms with Crippen LogP contribution in [0.2, 0.25) is 0 Å². The molecule has 120 valence electrons. The van der Waals surface area contributed by atoms with E-state index in [1.54, 1.807) is 11.0 Å². The van der Waals surface area contributed by atoms with E-state index < -0.39 is 11.9 Å². The zero-order valence-electron chi connectivity index (χ0n) is 12.2. The number of likely N-dealkylation sites (tertiary alicyclic amines) is 1. The summed E-state index contributed by atoms with van der Waals surface area (Å²) in [6, 6.07) is -0.471. The third-order valence-electron chi connectivity index (χ3n) is 3.27. The lowest BCUT2D eigenvalue weighted by molar-refractivity contribution is -0.138. The number of thioether (sulfide) groups is 1. The quantitative estimate of drug-likeness (QED) is 0.569. The third-order valence-corrected chi connectivity index (χ3v) is 5.27. The predicted octanol–water partition coefficient (Wildman–Crippen LogP) is 1.09. The second kappa shape index (κ2) is 8.14. The van der Waals surface area contributed by atoms with Gasteiger partial charge in [0, 0.05) is 13.1 Å². The highest BCUT2D eigenvalue weighted by Gasteiger charge is 2.30. The molecule has 0 unspecified atom stereocenters. The first-order valence-electron chi connectivity index (χ1n) is 7.01. The molecule has 1 aromatic rings. The minimum absolute atomic E-state index is 0.0794. The molecule has 1 aliphatic rings. The molecule has 1 aliphatic heterocycles. The molecule has 0 spiro atoms. The number of nitrogens with one attached hydrogen (secondary N) is 1. The molecular weight excluding hydrogens is 322 g/mol. The Morgan fingerprint density at radius 3 is 3.05 bits per heavy atom. The van der Waals surface area contributed by atoms with Gasteiger partial charge in [-0.15, -0.1) is 16.8 Å². The van der Waals surface area contributed by atoms with Crippen LogP contribution in [-0.4, -0.2) is 51.8 Å². The van der Waals surface area contributed by atoms with Gasteiger partial charge in [-0.1, -0.05) is 29.2 Å². The summed E-state index contributed by atoms with van der Waals surface area (Å²) in [6.45, 7) is 4.83. The highest BCUT2D eigenvalue weighted by atomic mass is 32.2. The fourth-order valence-corrected chi connectivity index (χ4v) is 3.88. The van der Waals surface area contributed by atoms with Crippen LogP contribution < -0.4 is 11.1 Å². The van der Waals surface area contributed by atoms with Crippen molar-refractivity contribution in [1.82, 2.24) is 15.1 Å². The van der Waals surface area contributed by atoms with Gasteiger partial charge in [-0.05, 0) is 19.3 Å². The van der Waals surface area contributed by atoms with Crippen LogP contribution in [0.15, 0.2) is 17.0 Å². The Hall–Kier alpha value is -1.61. The predicted molar refractivity (Wildman–Crippen MR) is 87.9 cm³/mol. The van der Waals surface area contributed by atoms with Crippen LogP contribution in [0.25, 0.3) is 0 Å². The van der Waals surface area contributed by atoms with Crippen molar-refractivity contribution in [3.05, 3.63) is 12.7 Å². The van der Waals surface area contributed by atoms with E-state index >= 15 is 0 Å². The largest absolute Gasteiger partial charge is 0.368 e. The number of piperidine rings is 1. The standard InChI is InChI=1S/C13H19N5O2S2/c1-2-6-15-12-16-17-13(22-12)21-8-10(19)18-7-4-3-5-9(18)11(14)20/h2,9H,1,3-8H2,(H2,14,20)(H,15,16)/t9-/m0/s1. The number of carbonyl (C=O) groups is 2. The van der Waals surface area contributed by atoms with Gasteiger partial charge in [-0.3, -0.25) is 9.59 Å². The number of nitrogens with zero attached hydrogens (tertiary/aromatic N) is 3. The number of nitrogens with two attached hydrogens (primary N) is 1. The van der Waals surface area contributed by atoms with E-state index in [1.165, 1.54) is 23.1 Å². The van der Waals surface area contributed by atoms with Crippen molar-refractivity contribution in [2.75, 3.05) is 24.2 Å². The third kappa shape index (κ3) is 4.44. The maximum Gasteiger partial charge on any atom is 0.240 e. The minimum Gasteiger partial charge on any atom is -0.368 e. The topological polar surface area (TPSA) is 101 Å². The Labute approximate surface area is 137 Å². The molecule has 1 aromatic heterocycles. The number of carbonyl (C=O) groups excluding carboxylic acids is 2. The Morgan fingerprint density at radius 2 is 2.32 bits per heavy atom. The fraction of sp³-hybridized carbons (Fsp3) is 0.538. The Balaban J connectivity index is 1.87. The second-order valence-electron chi connectivity index (χ2n) is 4.83. The van der Waals surface area contributed by atoms with Gasteiger partial charge in [0.1, 0.15) is 6.04 Å². The van der Waals surface area contributed by atoms with Crippen molar-refractivity contribution in [3.63, 3.8) is 0 Å². The summed E-state index contributed by atoms with van der Waals surface area (Å²) in [7, 11) is 0. The van der Waals surface area contributed by atoms with E-state index in [-0.39, 0.29) is 11.7 Å². The molecular formula is C13H19N5O2S2. The summed E-state index contributed by atoms with van der Waals surface area (Å²) in [4.78, 5) is 25.3. The molecule has 0 saturated carbocycles. The first-order chi connectivity index (χ1) is 10.6. The highest BCUT2D eigenvalue weighted by Crippen LogP contribution is 2.26. The number of aromatic nitrogens is 2. The maximum atomic E-state index is 12.3. The van der Waals surface area contributed by atoms with Gasteiger partial charge in [0.2, 0.25) is 16.9 Å². The molecule has 7 nitrogen and oxygen atoms in total.